The third-order valence-electron chi connectivity index (χ3n) is 3.07. The van der Waals surface area contributed by atoms with E-state index in [9.17, 15) is 8.78 Å². The number of pyridine rings is 1. The fourth-order valence-corrected chi connectivity index (χ4v) is 2.14. The molecule has 0 aliphatic rings. The van der Waals surface area contributed by atoms with Crippen molar-refractivity contribution in [2.45, 2.75) is 6.67 Å². The van der Waals surface area contributed by atoms with Gasteiger partial charge in [-0.2, -0.15) is 0 Å². The normalized spacial score (nSPS) is 10.8. The second kappa shape index (κ2) is 4.76. The molecule has 3 rings (SSSR count). The van der Waals surface area contributed by atoms with E-state index in [1.807, 2.05) is 30.3 Å². The van der Waals surface area contributed by atoms with Gasteiger partial charge in [-0.25, -0.2) is 13.8 Å². The van der Waals surface area contributed by atoms with Gasteiger partial charge < -0.3 is 0 Å². The van der Waals surface area contributed by atoms with Crippen LogP contribution < -0.4 is 0 Å². The number of benzene rings is 2. The number of fused-ring (bicyclic) bond motifs is 1. The number of alkyl halides is 1. The van der Waals surface area contributed by atoms with E-state index in [4.69, 9.17) is 0 Å². The van der Waals surface area contributed by atoms with Gasteiger partial charge in [0.2, 0.25) is 0 Å². The minimum Gasteiger partial charge on any atom is -0.248 e. The molecule has 0 aliphatic heterocycles. The van der Waals surface area contributed by atoms with Crippen LogP contribution in [0.1, 0.15) is 5.56 Å². The molecule has 1 heterocycles. The minimum absolute atomic E-state index is 0.366. The number of aromatic nitrogens is 1. The Morgan fingerprint density at radius 3 is 2.47 bits per heavy atom. The zero-order chi connectivity index (χ0) is 13.2. The molecule has 2 aromatic carbocycles. The Morgan fingerprint density at radius 2 is 1.74 bits per heavy atom. The van der Waals surface area contributed by atoms with Gasteiger partial charge in [-0.05, 0) is 23.8 Å². The molecule has 0 amide bonds. The molecule has 3 heteroatoms. The maximum atomic E-state index is 13.3. The molecule has 0 bridgehead atoms. The van der Waals surface area contributed by atoms with Gasteiger partial charge in [0.15, 0.2) is 0 Å². The van der Waals surface area contributed by atoms with Crippen LogP contribution in [0.4, 0.5) is 8.78 Å². The van der Waals surface area contributed by atoms with Gasteiger partial charge in [0.25, 0.3) is 0 Å². The summed E-state index contributed by atoms with van der Waals surface area (Å²) < 4.78 is 26.4. The molecule has 1 aromatic heterocycles. The van der Waals surface area contributed by atoms with Crippen LogP contribution in [-0.4, -0.2) is 4.98 Å². The highest BCUT2D eigenvalue weighted by atomic mass is 19.1. The average molecular weight is 255 g/mol. The first kappa shape index (κ1) is 11.8. The molecule has 1 nitrogen and oxygen atoms in total. The summed E-state index contributed by atoms with van der Waals surface area (Å²) in [6.07, 6.45) is 0. The Balaban J connectivity index is 2.27. The van der Waals surface area contributed by atoms with Crippen LogP contribution in [0.15, 0.2) is 54.6 Å². The molecule has 0 radical (unpaired) electrons. The van der Waals surface area contributed by atoms with Crippen LogP contribution in [0.2, 0.25) is 0 Å². The fraction of sp³-hybridized carbons (Fsp3) is 0.0625. The first-order valence-corrected chi connectivity index (χ1v) is 5.98. The summed E-state index contributed by atoms with van der Waals surface area (Å²) in [5.41, 5.74) is 2.56. The molecular formula is C16H11F2N. The number of rotatable bonds is 2. The van der Waals surface area contributed by atoms with E-state index in [-0.39, 0.29) is 5.82 Å². The summed E-state index contributed by atoms with van der Waals surface area (Å²) in [5, 5.41) is 0.656. The van der Waals surface area contributed by atoms with Crippen molar-refractivity contribution in [2.24, 2.45) is 0 Å². The third-order valence-corrected chi connectivity index (χ3v) is 3.07. The molecule has 19 heavy (non-hydrogen) atoms. The Hall–Kier alpha value is -2.29. The summed E-state index contributed by atoms with van der Waals surface area (Å²) in [5.74, 6) is -0.366. The van der Waals surface area contributed by atoms with Crippen molar-refractivity contribution in [1.82, 2.24) is 4.98 Å². The molecular weight excluding hydrogens is 244 g/mol. The molecule has 0 aliphatic carbocycles. The molecule has 3 aromatic rings. The van der Waals surface area contributed by atoms with Gasteiger partial charge >= 0.3 is 0 Å². The SMILES string of the molecule is FCc1cc(-c2ccccc2)nc2cc(F)ccc12. The van der Waals surface area contributed by atoms with Gasteiger partial charge in [0, 0.05) is 17.0 Å². The first-order valence-electron chi connectivity index (χ1n) is 5.98. The molecule has 0 N–H and O–H groups in total. The highest BCUT2D eigenvalue weighted by Crippen LogP contribution is 2.25. The fourth-order valence-electron chi connectivity index (χ4n) is 2.14. The van der Waals surface area contributed by atoms with Crippen molar-refractivity contribution < 1.29 is 8.78 Å². The lowest BCUT2D eigenvalue weighted by Crippen LogP contribution is -1.91. The van der Waals surface area contributed by atoms with Gasteiger partial charge in [-0.3, -0.25) is 0 Å². The number of halogens is 2. The third kappa shape index (κ3) is 2.19. The van der Waals surface area contributed by atoms with E-state index in [0.717, 1.165) is 5.56 Å². The van der Waals surface area contributed by atoms with E-state index in [2.05, 4.69) is 4.98 Å². The van der Waals surface area contributed by atoms with Crippen molar-refractivity contribution in [3.63, 3.8) is 0 Å². The van der Waals surface area contributed by atoms with Crippen LogP contribution in [0, 0.1) is 5.82 Å². The average Bonchev–Trinajstić information content (AvgIpc) is 2.46. The monoisotopic (exact) mass is 255 g/mol. The molecule has 0 saturated carbocycles. The number of hydrogen-bond acceptors (Lipinski definition) is 1. The lowest BCUT2D eigenvalue weighted by atomic mass is 10.0. The van der Waals surface area contributed by atoms with Crippen molar-refractivity contribution in [3.05, 3.63) is 66.0 Å². The highest BCUT2D eigenvalue weighted by molar-refractivity contribution is 5.85. The minimum atomic E-state index is -0.593. The first-order chi connectivity index (χ1) is 9.28. The maximum absolute atomic E-state index is 13.3. The zero-order valence-electron chi connectivity index (χ0n) is 10.1. The van der Waals surface area contributed by atoms with Crippen molar-refractivity contribution in [2.75, 3.05) is 0 Å². The van der Waals surface area contributed by atoms with E-state index >= 15 is 0 Å². The van der Waals surface area contributed by atoms with Crippen LogP contribution in [0.5, 0.6) is 0 Å². The predicted molar refractivity (Wildman–Crippen MR) is 71.9 cm³/mol. The van der Waals surface area contributed by atoms with E-state index in [1.165, 1.54) is 12.1 Å². The maximum Gasteiger partial charge on any atom is 0.125 e. The number of nitrogens with zero attached hydrogens (tertiary/aromatic N) is 1. The Bertz CT molecular complexity index is 723. The quantitative estimate of drug-likeness (QED) is 0.656. The van der Waals surface area contributed by atoms with Gasteiger partial charge in [0.05, 0.1) is 11.2 Å². The Labute approximate surface area is 109 Å². The lowest BCUT2D eigenvalue weighted by molar-refractivity contribution is 0.487. The van der Waals surface area contributed by atoms with Gasteiger partial charge in [-0.15, -0.1) is 0 Å². The molecule has 0 spiro atoms. The van der Waals surface area contributed by atoms with E-state index < -0.39 is 6.67 Å². The lowest BCUT2D eigenvalue weighted by Gasteiger charge is -2.07. The van der Waals surface area contributed by atoms with Crippen LogP contribution in [0.25, 0.3) is 22.2 Å². The molecule has 94 valence electrons. The van der Waals surface area contributed by atoms with Crippen molar-refractivity contribution >= 4 is 10.9 Å². The second-order valence-corrected chi connectivity index (χ2v) is 4.33. The summed E-state index contributed by atoms with van der Waals surface area (Å²) >= 11 is 0. The summed E-state index contributed by atoms with van der Waals surface area (Å²) in [6, 6.07) is 15.4. The predicted octanol–water partition coefficient (Wildman–Crippen LogP) is 4.51. The zero-order valence-corrected chi connectivity index (χ0v) is 10.1. The Kier molecular flexibility index (Phi) is 2.95. The van der Waals surface area contributed by atoms with Crippen molar-refractivity contribution in [3.8, 4) is 11.3 Å². The molecule has 0 saturated heterocycles. The second-order valence-electron chi connectivity index (χ2n) is 4.33. The number of hydrogen-bond donors (Lipinski definition) is 0. The molecule has 0 atom stereocenters. The smallest absolute Gasteiger partial charge is 0.125 e. The van der Waals surface area contributed by atoms with Crippen LogP contribution in [-0.2, 0) is 6.67 Å². The van der Waals surface area contributed by atoms with Crippen molar-refractivity contribution in [1.29, 1.82) is 0 Å². The van der Waals surface area contributed by atoms with E-state index in [0.29, 0.717) is 22.2 Å². The van der Waals surface area contributed by atoms with Crippen LogP contribution >= 0.6 is 0 Å². The van der Waals surface area contributed by atoms with E-state index in [1.54, 1.807) is 12.1 Å². The Morgan fingerprint density at radius 1 is 0.947 bits per heavy atom. The van der Waals surface area contributed by atoms with Crippen LogP contribution in [0.3, 0.4) is 0 Å². The molecule has 0 fully saturated rings. The van der Waals surface area contributed by atoms with Gasteiger partial charge in [-0.1, -0.05) is 30.3 Å². The highest BCUT2D eigenvalue weighted by Gasteiger charge is 2.08. The largest absolute Gasteiger partial charge is 0.248 e. The van der Waals surface area contributed by atoms with Gasteiger partial charge in [0.1, 0.15) is 12.5 Å². The molecule has 0 unspecified atom stereocenters. The summed E-state index contributed by atoms with van der Waals surface area (Å²) in [4.78, 5) is 4.41. The standard InChI is InChI=1S/C16H11F2N/c17-10-12-8-15(11-4-2-1-3-5-11)19-16-9-13(18)6-7-14(12)16/h1-9H,10H2. The topological polar surface area (TPSA) is 12.9 Å². The summed E-state index contributed by atoms with van der Waals surface area (Å²) in [7, 11) is 0. The summed E-state index contributed by atoms with van der Waals surface area (Å²) in [6.45, 7) is -0.593.